The van der Waals surface area contributed by atoms with Crippen LogP contribution in [0.1, 0.15) is 24.5 Å². The van der Waals surface area contributed by atoms with Crippen molar-refractivity contribution in [2.24, 2.45) is 0 Å². The smallest absolute Gasteiger partial charge is 0.144 e. The van der Waals surface area contributed by atoms with Crippen molar-refractivity contribution >= 4 is 5.69 Å². The van der Waals surface area contributed by atoms with Crippen LogP contribution in [0.15, 0.2) is 34.7 Å². The number of anilines is 1. The van der Waals surface area contributed by atoms with Crippen LogP contribution in [0.25, 0.3) is 0 Å². The van der Waals surface area contributed by atoms with Crippen molar-refractivity contribution in [1.29, 1.82) is 0 Å². The van der Waals surface area contributed by atoms with Gasteiger partial charge in [0.15, 0.2) is 0 Å². The summed E-state index contributed by atoms with van der Waals surface area (Å²) in [5, 5.41) is 3.23. The van der Waals surface area contributed by atoms with Crippen molar-refractivity contribution in [2.75, 3.05) is 12.4 Å². The maximum absolute atomic E-state index is 13.1. The van der Waals surface area contributed by atoms with Gasteiger partial charge in [-0.05, 0) is 38.1 Å². The Morgan fingerprint density at radius 2 is 2.06 bits per heavy atom. The molecule has 0 spiro atoms. The average Bonchev–Trinajstić information content (AvgIpc) is 2.78. The molecule has 18 heavy (non-hydrogen) atoms. The Morgan fingerprint density at radius 1 is 1.28 bits per heavy atom. The molecular weight excluding hydrogens is 233 g/mol. The third-order valence-electron chi connectivity index (χ3n) is 2.72. The molecule has 1 heterocycles. The third kappa shape index (κ3) is 2.64. The first-order valence-corrected chi connectivity index (χ1v) is 5.76. The minimum atomic E-state index is -0.320. The predicted octanol–water partition coefficient (Wildman–Crippen LogP) is 3.91. The molecule has 1 aromatic heterocycles. The lowest BCUT2D eigenvalue weighted by Crippen LogP contribution is -2.06. The van der Waals surface area contributed by atoms with E-state index in [0.29, 0.717) is 5.75 Å². The zero-order valence-corrected chi connectivity index (χ0v) is 10.7. The molecular formula is C14H16FNO2. The van der Waals surface area contributed by atoms with Crippen LogP contribution in [0.3, 0.4) is 0 Å². The molecule has 0 radical (unpaired) electrons. The minimum absolute atomic E-state index is 0.0157. The molecule has 0 aliphatic carbocycles. The van der Waals surface area contributed by atoms with Gasteiger partial charge in [-0.2, -0.15) is 0 Å². The first-order chi connectivity index (χ1) is 8.60. The van der Waals surface area contributed by atoms with E-state index in [2.05, 4.69) is 5.32 Å². The van der Waals surface area contributed by atoms with Gasteiger partial charge in [0, 0.05) is 6.07 Å². The molecule has 3 nitrogen and oxygen atoms in total. The largest absolute Gasteiger partial charge is 0.494 e. The Labute approximate surface area is 106 Å². The van der Waals surface area contributed by atoms with Gasteiger partial charge in [0.05, 0.1) is 18.8 Å². The molecule has 1 N–H and O–H groups in total. The van der Waals surface area contributed by atoms with Crippen molar-refractivity contribution < 1.29 is 13.5 Å². The summed E-state index contributed by atoms with van der Waals surface area (Å²) in [7, 11) is 1.52. The van der Waals surface area contributed by atoms with E-state index >= 15 is 0 Å². The normalized spacial score (nSPS) is 12.2. The summed E-state index contributed by atoms with van der Waals surface area (Å²) in [4.78, 5) is 0. The van der Waals surface area contributed by atoms with Crippen molar-refractivity contribution in [3.8, 4) is 5.75 Å². The number of methoxy groups -OCH3 is 1. The van der Waals surface area contributed by atoms with Crippen LogP contribution in [0, 0.1) is 12.7 Å². The quantitative estimate of drug-likeness (QED) is 0.892. The van der Waals surface area contributed by atoms with Crippen LogP contribution in [0.5, 0.6) is 5.75 Å². The Kier molecular flexibility index (Phi) is 3.55. The van der Waals surface area contributed by atoms with Gasteiger partial charge in [-0.15, -0.1) is 0 Å². The molecule has 4 heteroatoms. The average molecular weight is 249 g/mol. The van der Waals surface area contributed by atoms with Crippen LogP contribution in [-0.2, 0) is 0 Å². The molecule has 96 valence electrons. The number of rotatable bonds is 4. The first-order valence-electron chi connectivity index (χ1n) is 5.76. The van der Waals surface area contributed by atoms with E-state index in [0.717, 1.165) is 17.2 Å². The van der Waals surface area contributed by atoms with E-state index in [1.165, 1.54) is 19.2 Å². The fraction of sp³-hybridized carbons (Fsp3) is 0.286. The second-order valence-electron chi connectivity index (χ2n) is 4.16. The Hall–Kier alpha value is -1.97. The van der Waals surface area contributed by atoms with Gasteiger partial charge in [0.25, 0.3) is 0 Å². The summed E-state index contributed by atoms with van der Waals surface area (Å²) < 4.78 is 23.7. The number of benzene rings is 1. The Balaban J connectivity index is 2.18. The predicted molar refractivity (Wildman–Crippen MR) is 68.4 cm³/mol. The van der Waals surface area contributed by atoms with Crippen LogP contribution < -0.4 is 10.1 Å². The minimum Gasteiger partial charge on any atom is -0.494 e. The number of aryl methyl sites for hydroxylation is 1. The van der Waals surface area contributed by atoms with Gasteiger partial charge in [0.1, 0.15) is 23.1 Å². The Morgan fingerprint density at radius 3 is 2.67 bits per heavy atom. The van der Waals surface area contributed by atoms with Crippen LogP contribution >= 0.6 is 0 Å². The summed E-state index contributed by atoms with van der Waals surface area (Å²) in [5.74, 6) is 1.85. The van der Waals surface area contributed by atoms with Crippen LogP contribution in [0.4, 0.5) is 10.1 Å². The van der Waals surface area contributed by atoms with Gasteiger partial charge in [-0.1, -0.05) is 0 Å². The van der Waals surface area contributed by atoms with Crippen molar-refractivity contribution in [3.63, 3.8) is 0 Å². The monoisotopic (exact) mass is 249 g/mol. The standard InChI is InChI=1S/C14H16FNO2/c1-9-4-7-13(18-9)10(2)16-12-6-5-11(15)8-14(12)17-3/h4-8,10,16H,1-3H3. The van der Waals surface area contributed by atoms with Crippen molar-refractivity contribution in [1.82, 2.24) is 0 Å². The molecule has 0 amide bonds. The molecule has 1 atom stereocenters. The highest BCUT2D eigenvalue weighted by atomic mass is 19.1. The second kappa shape index (κ2) is 5.12. The molecule has 0 aliphatic heterocycles. The molecule has 2 rings (SSSR count). The van der Waals surface area contributed by atoms with E-state index in [-0.39, 0.29) is 11.9 Å². The number of hydrogen-bond donors (Lipinski definition) is 1. The number of ether oxygens (including phenoxy) is 1. The fourth-order valence-corrected chi connectivity index (χ4v) is 1.77. The summed E-state index contributed by atoms with van der Waals surface area (Å²) in [6, 6.07) is 8.21. The molecule has 0 bridgehead atoms. The highest BCUT2D eigenvalue weighted by molar-refractivity contribution is 5.57. The summed E-state index contributed by atoms with van der Waals surface area (Å²) in [6.07, 6.45) is 0. The number of furan rings is 1. The molecule has 0 saturated carbocycles. The van der Waals surface area contributed by atoms with Crippen molar-refractivity contribution in [3.05, 3.63) is 47.7 Å². The number of halogens is 1. The van der Waals surface area contributed by atoms with E-state index in [9.17, 15) is 4.39 Å². The molecule has 0 saturated heterocycles. The fourth-order valence-electron chi connectivity index (χ4n) is 1.77. The van der Waals surface area contributed by atoms with E-state index < -0.39 is 0 Å². The second-order valence-corrected chi connectivity index (χ2v) is 4.16. The summed E-state index contributed by atoms with van der Waals surface area (Å²) >= 11 is 0. The molecule has 0 aliphatic rings. The zero-order valence-electron chi connectivity index (χ0n) is 10.7. The topological polar surface area (TPSA) is 34.4 Å². The summed E-state index contributed by atoms with van der Waals surface area (Å²) in [5.41, 5.74) is 0.737. The van der Waals surface area contributed by atoms with E-state index in [4.69, 9.17) is 9.15 Å². The van der Waals surface area contributed by atoms with Crippen LogP contribution in [0.2, 0.25) is 0 Å². The van der Waals surface area contributed by atoms with Crippen molar-refractivity contribution in [2.45, 2.75) is 19.9 Å². The molecule has 1 unspecified atom stereocenters. The SMILES string of the molecule is COc1cc(F)ccc1NC(C)c1ccc(C)o1. The van der Waals surface area contributed by atoms with Gasteiger partial charge < -0.3 is 14.5 Å². The number of hydrogen-bond acceptors (Lipinski definition) is 3. The van der Waals surface area contributed by atoms with E-state index in [1.54, 1.807) is 6.07 Å². The van der Waals surface area contributed by atoms with Crippen LogP contribution in [-0.4, -0.2) is 7.11 Å². The van der Waals surface area contributed by atoms with Gasteiger partial charge in [-0.25, -0.2) is 4.39 Å². The summed E-state index contributed by atoms with van der Waals surface area (Å²) in [6.45, 7) is 3.87. The zero-order chi connectivity index (χ0) is 13.1. The molecule has 0 fully saturated rings. The highest BCUT2D eigenvalue weighted by Gasteiger charge is 2.12. The molecule has 1 aromatic carbocycles. The lowest BCUT2D eigenvalue weighted by molar-refractivity contribution is 0.411. The highest BCUT2D eigenvalue weighted by Crippen LogP contribution is 2.29. The lowest BCUT2D eigenvalue weighted by atomic mass is 10.2. The Bertz CT molecular complexity index is 536. The van der Waals surface area contributed by atoms with Gasteiger partial charge in [0.2, 0.25) is 0 Å². The molecule has 2 aromatic rings. The third-order valence-corrected chi connectivity index (χ3v) is 2.72. The maximum Gasteiger partial charge on any atom is 0.144 e. The first kappa shape index (κ1) is 12.5. The van der Waals surface area contributed by atoms with Gasteiger partial charge in [-0.3, -0.25) is 0 Å². The van der Waals surface area contributed by atoms with Gasteiger partial charge >= 0.3 is 0 Å². The van der Waals surface area contributed by atoms with E-state index in [1.807, 2.05) is 26.0 Å². The number of nitrogens with one attached hydrogen (secondary N) is 1. The maximum atomic E-state index is 13.1. The lowest BCUT2D eigenvalue weighted by Gasteiger charge is -2.15.